The fourth-order valence-corrected chi connectivity index (χ4v) is 2.52. The summed E-state index contributed by atoms with van der Waals surface area (Å²) in [4.78, 5) is 16.2. The van der Waals surface area contributed by atoms with E-state index in [1.165, 1.54) is 0 Å². The van der Waals surface area contributed by atoms with Crippen molar-refractivity contribution < 1.29 is 0 Å². The molecule has 4 rings (SSSR count). The van der Waals surface area contributed by atoms with Gasteiger partial charge in [0.05, 0.1) is 17.2 Å². The zero-order valence-electron chi connectivity index (χ0n) is 11.5. The number of hydrogen-bond donors (Lipinski definition) is 2. The zero-order chi connectivity index (χ0) is 14.2. The SMILES string of the molecule is CNc1ncc2ccc(-c3cncc4[nH]ccc34)cc2n1. The predicted octanol–water partition coefficient (Wildman–Crippen LogP) is 3.21. The minimum Gasteiger partial charge on any atom is -0.360 e. The summed E-state index contributed by atoms with van der Waals surface area (Å²) in [7, 11) is 1.81. The number of nitrogens with zero attached hydrogens (tertiary/aromatic N) is 3. The summed E-state index contributed by atoms with van der Waals surface area (Å²) in [5, 5.41) is 5.14. The second-order valence-corrected chi connectivity index (χ2v) is 4.84. The fraction of sp³-hybridized carbons (Fsp3) is 0.0625. The van der Waals surface area contributed by atoms with Gasteiger partial charge >= 0.3 is 0 Å². The summed E-state index contributed by atoms with van der Waals surface area (Å²) in [5.41, 5.74) is 4.15. The molecule has 5 nitrogen and oxygen atoms in total. The Bertz CT molecular complexity index is 942. The average molecular weight is 275 g/mol. The van der Waals surface area contributed by atoms with E-state index in [1.807, 2.05) is 37.9 Å². The number of nitrogens with one attached hydrogen (secondary N) is 2. The summed E-state index contributed by atoms with van der Waals surface area (Å²) in [6.07, 6.45) is 7.48. The van der Waals surface area contributed by atoms with Crippen LogP contribution in [-0.2, 0) is 0 Å². The van der Waals surface area contributed by atoms with Gasteiger partial charge in [0, 0.05) is 42.0 Å². The highest BCUT2D eigenvalue weighted by Gasteiger charge is 2.07. The van der Waals surface area contributed by atoms with Crippen molar-refractivity contribution in [2.24, 2.45) is 0 Å². The van der Waals surface area contributed by atoms with E-state index >= 15 is 0 Å². The molecule has 1 aromatic carbocycles. The maximum atomic E-state index is 4.50. The van der Waals surface area contributed by atoms with E-state index in [-0.39, 0.29) is 0 Å². The number of hydrogen-bond acceptors (Lipinski definition) is 4. The minimum absolute atomic E-state index is 0.623. The minimum atomic E-state index is 0.623. The summed E-state index contributed by atoms with van der Waals surface area (Å²) in [6.45, 7) is 0. The Morgan fingerprint density at radius 2 is 2.05 bits per heavy atom. The zero-order valence-corrected chi connectivity index (χ0v) is 11.5. The van der Waals surface area contributed by atoms with Gasteiger partial charge in [-0.3, -0.25) is 4.98 Å². The third kappa shape index (κ3) is 1.90. The molecule has 0 unspecified atom stereocenters. The largest absolute Gasteiger partial charge is 0.360 e. The summed E-state index contributed by atoms with van der Waals surface area (Å²) >= 11 is 0. The Morgan fingerprint density at radius 1 is 1.10 bits per heavy atom. The molecule has 102 valence electrons. The van der Waals surface area contributed by atoms with Crippen LogP contribution in [0.5, 0.6) is 0 Å². The molecular weight excluding hydrogens is 262 g/mol. The van der Waals surface area contributed by atoms with Crippen LogP contribution in [0.4, 0.5) is 5.95 Å². The Balaban J connectivity index is 1.95. The monoisotopic (exact) mass is 275 g/mol. The molecule has 0 aliphatic carbocycles. The van der Waals surface area contributed by atoms with E-state index in [4.69, 9.17) is 0 Å². The summed E-state index contributed by atoms with van der Waals surface area (Å²) in [6, 6.07) is 8.25. The van der Waals surface area contributed by atoms with Crippen molar-refractivity contribution in [3.05, 3.63) is 49.1 Å². The van der Waals surface area contributed by atoms with Gasteiger partial charge in [-0.05, 0) is 17.7 Å². The highest BCUT2D eigenvalue weighted by atomic mass is 15.1. The molecule has 0 atom stereocenters. The number of aromatic nitrogens is 4. The summed E-state index contributed by atoms with van der Waals surface area (Å²) in [5.74, 6) is 0.623. The molecule has 5 heteroatoms. The quantitative estimate of drug-likeness (QED) is 0.589. The van der Waals surface area contributed by atoms with Crippen LogP contribution in [0.2, 0.25) is 0 Å². The van der Waals surface area contributed by atoms with Crippen molar-refractivity contribution in [2.75, 3.05) is 12.4 Å². The molecule has 0 saturated heterocycles. The Morgan fingerprint density at radius 3 is 2.95 bits per heavy atom. The van der Waals surface area contributed by atoms with Crippen LogP contribution >= 0.6 is 0 Å². The number of aromatic amines is 1. The lowest BCUT2D eigenvalue weighted by Gasteiger charge is -2.06. The molecule has 0 bridgehead atoms. The molecule has 2 N–H and O–H groups in total. The van der Waals surface area contributed by atoms with E-state index in [0.29, 0.717) is 5.95 Å². The van der Waals surface area contributed by atoms with Gasteiger partial charge in [-0.1, -0.05) is 12.1 Å². The molecule has 4 aromatic rings. The van der Waals surface area contributed by atoms with Crippen molar-refractivity contribution in [3.8, 4) is 11.1 Å². The van der Waals surface area contributed by atoms with Crippen molar-refractivity contribution in [1.82, 2.24) is 19.9 Å². The molecule has 0 aliphatic heterocycles. The first-order valence-electron chi connectivity index (χ1n) is 6.71. The second kappa shape index (κ2) is 4.56. The van der Waals surface area contributed by atoms with Crippen LogP contribution in [0.1, 0.15) is 0 Å². The highest BCUT2D eigenvalue weighted by Crippen LogP contribution is 2.29. The first kappa shape index (κ1) is 11.8. The molecule has 0 spiro atoms. The Kier molecular flexibility index (Phi) is 2.57. The summed E-state index contributed by atoms with van der Waals surface area (Å²) < 4.78 is 0. The molecule has 0 radical (unpaired) electrons. The lowest BCUT2D eigenvalue weighted by molar-refractivity contribution is 1.19. The van der Waals surface area contributed by atoms with Crippen molar-refractivity contribution in [3.63, 3.8) is 0 Å². The molecule has 21 heavy (non-hydrogen) atoms. The Labute approximate surface area is 121 Å². The van der Waals surface area contributed by atoms with Crippen LogP contribution in [0.3, 0.4) is 0 Å². The molecule has 0 saturated carbocycles. The smallest absolute Gasteiger partial charge is 0.222 e. The van der Waals surface area contributed by atoms with Crippen LogP contribution < -0.4 is 5.32 Å². The third-order valence-corrected chi connectivity index (χ3v) is 3.59. The third-order valence-electron chi connectivity index (χ3n) is 3.59. The van der Waals surface area contributed by atoms with Gasteiger partial charge in [-0.2, -0.15) is 0 Å². The Hall–Kier alpha value is -2.95. The van der Waals surface area contributed by atoms with E-state index in [2.05, 4.69) is 43.5 Å². The van der Waals surface area contributed by atoms with Gasteiger partial charge in [0.15, 0.2) is 0 Å². The molecule has 3 aromatic heterocycles. The molecule has 3 heterocycles. The first-order valence-corrected chi connectivity index (χ1v) is 6.71. The highest BCUT2D eigenvalue weighted by molar-refractivity contribution is 5.96. The van der Waals surface area contributed by atoms with Gasteiger partial charge in [-0.15, -0.1) is 0 Å². The van der Waals surface area contributed by atoms with Gasteiger partial charge in [-0.25, -0.2) is 9.97 Å². The van der Waals surface area contributed by atoms with Crippen molar-refractivity contribution in [1.29, 1.82) is 0 Å². The van der Waals surface area contributed by atoms with Crippen molar-refractivity contribution >= 4 is 27.8 Å². The molecule has 0 fully saturated rings. The number of H-pyrrole nitrogens is 1. The predicted molar refractivity (Wildman–Crippen MR) is 84.2 cm³/mol. The van der Waals surface area contributed by atoms with Gasteiger partial charge in [0.2, 0.25) is 5.95 Å². The maximum Gasteiger partial charge on any atom is 0.222 e. The van der Waals surface area contributed by atoms with Crippen LogP contribution in [0.15, 0.2) is 49.1 Å². The van der Waals surface area contributed by atoms with E-state index in [0.717, 1.165) is 32.9 Å². The van der Waals surface area contributed by atoms with Gasteiger partial charge < -0.3 is 10.3 Å². The first-order chi connectivity index (χ1) is 10.3. The molecule has 0 amide bonds. The number of fused-ring (bicyclic) bond motifs is 2. The van der Waals surface area contributed by atoms with Crippen molar-refractivity contribution in [2.45, 2.75) is 0 Å². The number of benzene rings is 1. The lowest BCUT2D eigenvalue weighted by Crippen LogP contribution is -1.95. The van der Waals surface area contributed by atoms with E-state index < -0.39 is 0 Å². The van der Waals surface area contributed by atoms with Crippen LogP contribution in [0, 0.1) is 0 Å². The fourth-order valence-electron chi connectivity index (χ4n) is 2.52. The maximum absolute atomic E-state index is 4.50. The normalized spacial score (nSPS) is 11.1. The number of anilines is 1. The number of pyridine rings is 1. The van der Waals surface area contributed by atoms with Gasteiger partial charge in [0.1, 0.15) is 0 Å². The second-order valence-electron chi connectivity index (χ2n) is 4.84. The topological polar surface area (TPSA) is 66.5 Å². The van der Waals surface area contributed by atoms with Crippen LogP contribution in [0.25, 0.3) is 32.9 Å². The van der Waals surface area contributed by atoms with E-state index in [1.54, 1.807) is 0 Å². The van der Waals surface area contributed by atoms with Crippen LogP contribution in [-0.4, -0.2) is 27.0 Å². The number of rotatable bonds is 2. The standard InChI is InChI=1S/C16H13N5/c1-17-16-20-7-11-3-2-10(6-14(11)21-16)13-8-18-9-15-12(13)4-5-19-15/h2-9,19H,1H3,(H,17,20,21). The van der Waals surface area contributed by atoms with Gasteiger partial charge in [0.25, 0.3) is 0 Å². The molecular formula is C16H13N5. The lowest BCUT2D eigenvalue weighted by atomic mass is 10.0. The van der Waals surface area contributed by atoms with E-state index in [9.17, 15) is 0 Å². The average Bonchev–Trinajstić information content (AvgIpc) is 3.02. The molecule has 0 aliphatic rings.